The first kappa shape index (κ1) is 8.36. The van der Waals surface area contributed by atoms with Crippen LogP contribution in [0.5, 0.6) is 0 Å². The standard InChI is InChI=1S/C11H12N2S/c1-14-10-5-4-9-8(6-12-13-9)11(10)7-2-3-7/h4-7H,2-3H2,1H3,(H,12,13). The number of nitrogens with zero attached hydrogens (tertiary/aromatic N) is 1. The summed E-state index contributed by atoms with van der Waals surface area (Å²) in [6.45, 7) is 0. The van der Waals surface area contributed by atoms with Crippen molar-refractivity contribution in [1.82, 2.24) is 10.2 Å². The third-order valence-electron chi connectivity index (χ3n) is 2.83. The van der Waals surface area contributed by atoms with E-state index < -0.39 is 0 Å². The minimum absolute atomic E-state index is 0.791. The molecule has 1 saturated carbocycles. The highest BCUT2D eigenvalue weighted by atomic mass is 32.2. The number of aromatic nitrogens is 2. The molecule has 3 heteroatoms. The quantitative estimate of drug-likeness (QED) is 0.761. The zero-order chi connectivity index (χ0) is 9.54. The van der Waals surface area contributed by atoms with Crippen LogP contribution in [0, 0.1) is 0 Å². The van der Waals surface area contributed by atoms with Gasteiger partial charge >= 0.3 is 0 Å². The highest BCUT2D eigenvalue weighted by molar-refractivity contribution is 7.98. The van der Waals surface area contributed by atoms with Gasteiger partial charge in [-0.15, -0.1) is 11.8 Å². The molecular weight excluding hydrogens is 192 g/mol. The summed E-state index contributed by atoms with van der Waals surface area (Å²) in [5.41, 5.74) is 2.69. The Morgan fingerprint density at radius 2 is 2.29 bits per heavy atom. The summed E-state index contributed by atoms with van der Waals surface area (Å²) in [4.78, 5) is 1.42. The Morgan fingerprint density at radius 3 is 3.00 bits per heavy atom. The summed E-state index contributed by atoms with van der Waals surface area (Å²) in [5, 5.41) is 8.47. The number of H-pyrrole nitrogens is 1. The van der Waals surface area contributed by atoms with Gasteiger partial charge in [-0.25, -0.2) is 0 Å². The van der Waals surface area contributed by atoms with E-state index in [4.69, 9.17) is 0 Å². The molecule has 1 heterocycles. The Balaban J connectivity index is 2.31. The van der Waals surface area contributed by atoms with Crippen LogP contribution >= 0.6 is 11.8 Å². The molecule has 0 unspecified atom stereocenters. The van der Waals surface area contributed by atoms with Gasteiger partial charge in [-0.2, -0.15) is 5.10 Å². The van der Waals surface area contributed by atoms with Gasteiger partial charge in [-0.1, -0.05) is 0 Å². The Kier molecular flexibility index (Phi) is 1.80. The molecular formula is C11H12N2S. The number of nitrogens with one attached hydrogen (secondary N) is 1. The molecule has 0 aliphatic heterocycles. The Hall–Kier alpha value is -0.960. The van der Waals surface area contributed by atoms with E-state index in [1.807, 2.05) is 18.0 Å². The van der Waals surface area contributed by atoms with Gasteiger partial charge in [0.2, 0.25) is 0 Å². The van der Waals surface area contributed by atoms with Crippen molar-refractivity contribution in [3.8, 4) is 0 Å². The normalized spacial score (nSPS) is 16.4. The van der Waals surface area contributed by atoms with Gasteiger partial charge in [0, 0.05) is 10.3 Å². The molecule has 1 fully saturated rings. The highest BCUT2D eigenvalue weighted by Crippen LogP contribution is 2.46. The summed E-state index contributed by atoms with van der Waals surface area (Å²) in [6.07, 6.45) is 6.80. The van der Waals surface area contributed by atoms with Crippen molar-refractivity contribution in [3.05, 3.63) is 23.9 Å². The van der Waals surface area contributed by atoms with Gasteiger partial charge in [0.05, 0.1) is 11.7 Å². The van der Waals surface area contributed by atoms with E-state index in [-0.39, 0.29) is 0 Å². The molecule has 0 radical (unpaired) electrons. The zero-order valence-corrected chi connectivity index (χ0v) is 8.90. The van der Waals surface area contributed by atoms with Gasteiger partial charge in [0.15, 0.2) is 0 Å². The van der Waals surface area contributed by atoms with Crippen LogP contribution in [0.4, 0.5) is 0 Å². The lowest BCUT2D eigenvalue weighted by molar-refractivity contribution is 1.09. The zero-order valence-electron chi connectivity index (χ0n) is 8.08. The first-order chi connectivity index (χ1) is 6.90. The van der Waals surface area contributed by atoms with E-state index in [1.165, 1.54) is 34.2 Å². The lowest BCUT2D eigenvalue weighted by atomic mass is 10.1. The van der Waals surface area contributed by atoms with Crippen LogP contribution in [-0.4, -0.2) is 16.5 Å². The van der Waals surface area contributed by atoms with E-state index in [2.05, 4.69) is 28.6 Å². The molecule has 0 amide bonds. The molecule has 1 N–H and O–H groups in total. The van der Waals surface area contributed by atoms with Crippen molar-refractivity contribution in [1.29, 1.82) is 0 Å². The summed E-state index contributed by atoms with van der Waals surface area (Å²) >= 11 is 1.84. The first-order valence-corrected chi connectivity index (χ1v) is 6.12. The predicted octanol–water partition coefficient (Wildman–Crippen LogP) is 3.16. The average Bonchev–Trinajstić information content (AvgIpc) is 2.93. The largest absolute Gasteiger partial charge is 0.278 e. The van der Waals surface area contributed by atoms with Crippen molar-refractivity contribution in [2.24, 2.45) is 0 Å². The van der Waals surface area contributed by atoms with Gasteiger partial charge in [0.1, 0.15) is 0 Å². The van der Waals surface area contributed by atoms with Gasteiger partial charge in [0.25, 0.3) is 0 Å². The molecule has 2 aromatic rings. The second-order valence-corrected chi connectivity index (χ2v) is 4.64. The van der Waals surface area contributed by atoms with Gasteiger partial charge < -0.3 is 0 Å². The molecule has 1 aliphatic carbocycles. The molecule has 0 saturated heterocycles. The maximum atomic E-state index is 4.11. The molecule has 14 heavy (non-hydrogen) atoms. The minimum Gasteiger partial charge on any atom is -0.278 e. The molecule has 1 aromatic carbocycles. The summed E-state index contributed by atoms with van der Waals surface area (Å²) < 4.78 is 0. The fraction of sp³-hybridized carbons (Fsp3) is 0.364. The van der Waals surface area contributed by atoms with Crippen molar-refractivity contribution < 1.29 is 0 Å². The number of aromatic amines is 1. The maximum absolute atomic E-state index is 4.11. The van der Waals surface area contributed by atoms with Crippen molar-refractivity contribution >= 4 is 22.7 Å². The van der Waals surface area contributed by atoms with E-state index in [9.17, 15) is 0 Å². The molecule has 3 rings (SSSR count). The maximum Gasteiger partial charge on any atom is 0.0653 e. The number of hydrogen-bond acceptors (Lipinski definition) is 2. The Bertz CT molecular complexity index is 471. The second-order valence-electron chi connectivity index (χ2n) is 3.79. The van der Waals surface area contributed by atoms with Crippen molar-refractivity contribution in [2.75, 3.05) is 6.26 Å². The van der Waals surface area contributed by atoms with Gasteiger partial charge in [-0.3, -0.25) is 5.10 Å². The monoisotopic (exact) mass is 204 g/mol. The number of fused-ring (bicyclic) bond motifs is 1. The second kappa shape index (κ2) is 3.02. The smallest absolute Gasteiger partial charge is 0.0653 e. The highest BCUT2D eigenvalue weighted by Gasteiger charge is 2.28. The molecule has 1 aliphatic rings. The molecule has 1 aromatic heterocycles. The van der Waals surface area contributed by atoms with Crippen LogP contribution in [0.15, 0.2) is 23.2 Å². The SMILES string of the molecule is CSc1ccc2[nH]ncc2c1C1CC1. The van der Waals surface area contributed by atoms with E-state index in [0.29, 0.717) is 0 Å². The third kappa shape index (κ3) is 1.16. The topological polar surface area (TPSA) is 28.7 Å². The number of benzene rings is 1. The fourth-order valence-corrected chi connectivity index (χ4v) is 2.69. The van der Waals surface area contributed by atoms with Crippen molar-refractivity contribution in [2.45, 2.75) is 23.7 Å². The Labute approximate surface area is 87.1 Å². The lowest BCUT2D eigenvalue weighted by Gasteiger charge is -2.06. The predicted molar refractivity (Wildman–Crippen MR) is 59.8 cm³/mol. The van der Waals surface area contributed by atoms with Crippen LogP contribution in [0.25, 0.3) is 10.9 Å². The third-order valence-corrected chi connectivity index (χ3v) is 3.63. The minimum atomic E-state index is 0.791. The molecule has 72 valence electrons. The molecule has 0 spiro atoms. The van der Waals surface area contributed by atoms with Crippen LogP contribution in [0.3, 0.4) is 0 Å². The number of hydrogen-bond donors (Lipinski definition) is 1. The summed E-state index contributed by atoms with van der Waals surface area (Å²) in [7, 11) is 0. The number of thioether (sulfide) groups is 1. The fourth-order valence-electron chi connectivity index (χ4n) is 1.99. The van der Waals surface area contributed by atoms with E-state index in [0.717, 1.165) is 5.92 Å². The van der Waals surface area contributed by atoms with Crippen molar-refractivity contribution in [3.63, 3.8) is 0 Å². The van der Waals surface area contributed by atoms with Crippen LogP contribution in [0.2, 0.25) is 0 Å². The van der Waals surface area contributed by atoms with Crippen LogP contribution < -0.4 is 0 Å². The average molecular weight is 204 g/mol. The molecule has 0 atom stereocenters. The molecule has 0 bridgehead atoms. The van der Waals surface area contributed by atoms with E-state index in [1.54, 1.807) is 0 Å². The summed E-state index contributed by atoms with van der Waals surface area (Å²) in [6, 6.07) is 4.33. The van der Waals surface area contributed by atoms with E-state index >= 15 is 0 Å². The summed E-state index contributed by atoms with van der Waals surface area (Å²) in [5.74, 6) is 0.791. The van der Waals surface area contributed by atoms with Gasteiger partial charge in [-0.05, 0) is 42.7 Å². The lowest BCUT2D eigenvalue weighted by Crippen LogP contribution is -1.85. The Morgan fingerprint density at radius 1 is 1.43 bits per heavy atom. The van der Waals surface area contributed by atoms with Crippen LogP contribution in [-0.2, 0) is 0 Å². The molecule has 2 nitrogen and oxygen atoms in total. The van der Waals surface area contributed by atoms with Crippen LogP contribution in [0.1, 0.15) is 24.3 Å². The number of rotatable bonds is 2. The first-order valence-electron chi connectivity index (χ1n) is 4.90.